The summed E-state index contributed by atoms with van der Waals surface area (Å²) in [6.07, 6.45) is -0.441. The second kappa shape index (κ2) is 6.57. The Morgan fingerprint density at radius 2 is 1.95 bits per heavy atom. The van der Waals surface area contributed by atoms with Crippen LogP contribution in [-0.4, -0.2) is 18.8 Å². The highest BCUT2D eigenvalue weighted by molar-refractivity contribution is 9.10. The van der Waals surface area contributed by atoms with Gasteiger partial charge >= 0.3 is 6.09 Å². The molecule has 118 valence electrons. The number of hydrogen-bond donors (Lipinski definition) is 1. The molecule has 2 aromatic rings. The van der Waals surface area contributed by atoms with Crippen LogP contribution in [-0.2, 0) is 11.3 Å². The molecule has 0 saturated carbocycles. The summed E-state index contributed by atoms with van der Waals surface area (Å²) in [7, 11) is 1.62. The van der Waals surface area contributed by atoms with Crippen molar-refractivity contribution in [1.29, 1.82) is 0 Å². The van der Waals surface area contributed by atoms with Crippen molar-refractivity contribution in [3.05, 3.63) is 40.4 Å². The first kappa shape index (κ1) is 16.6. The first-order valence-corrected chi connectivity index (χ1v) is 7.81. The van der Waals surface area contributed by atoms with Crippen LogP contribution in [0.1, 0.15) is 26.3 Å². The summed E-state index contributed by atoms with van der Waals surface area (Å²) < 4.78 is 11.7. The molecule has 0 aliphatic carbocycles. The Balaban J connectivity index is 2.27. The molecule has 0 aromatic heterocycles. The molecule has 0 aliphatic rings. The molecular weight excluding hydrogens is 346 g/mol. The predicted octanol–water partition coefficient (Wildman–Crippen LogP) is 4.64. The monoisotopic (exact) mass is 365 g/mol. The molecule has 0 fully saturated rings. The Morgan fingerprint density at radius 1 is 1.23 bits per heavy atom. The van der Waals surface area contributed by atoms with E-state index in [0.29, 0.717) is 6.54 Å². The number of alkyl carbamates (subject to hydrolysis) is 1. The van der Waals surface area contributed by atoms with E-state index in [1.165, 1.54) is 0 Å². The molecule has 2 aromatic carbocycles. The fourth-order valence-corrected chi connectivity index (χ4v) is 2.57. The van der Waals surface area contributed by atoms with Gasteiger partial charge in [0.1, 0.15) is 11.4 Å². The zero-order chi connectivity index (χ0) is 16.3. The fourth-order valence-electron chi connectivity index (χ4n) is 2.19. The fraction of sp³-hybridized carbons (Fsp3) is 0.353. The Kier molecular flexibility index (Phi) is 4.96. The van der Waals surface area contributed by atoms with Crippen molar-refractivity contribution in [3.63, 3.8) is 0 Å². The second-order valence-electron chi connectivity index (χ2n) is 5.97. The topological polar surface area (TPSA) is 47.6 Å². The number of nitrogens with one attached hydrogen (secondary N) is 1. The molecule has 22 heavy (non-hydrogen) atoms. The molecule has 1 N–H and O–H groups in total. The van der Waals surface area contributed by atoms with E-state index in [1.54, 1.807) is 7.11 Å². The minimum absolute atomic E-state index is 0.344. The maximum atomic E-state index is 11.8. The molecule has 2 rings (SSSR count). The predicted molar refractivity (Wildman–Crippen MR) is 91.3 cm³/mol. The maximum absolute atomic E-state index is 11.8. The SMILES string of the molecule is COc1ccc2cc(Br)ccc2c1CNC(=O)OC(C)(C)C. The van der Waals surface area contributed by atoms with Crippen LogP contribution in [0.5, 0.6) is 5.75 Å². The minimum atomic E-state index is -0.516. The van der Waals surface area contributed by atoms with E-state index in [9.17, 15) is 4.79 Å². The first-order valence-electron chi connectivity index (χ1n) is 7.02. The molecule has 0 spiro atoms. The summed E-state index contributed by atoms with van der Waals surface area (Å²) in [5.41, 5.74) is 0.413. The van der Waals surface area contributed by atoms with Gasteiger partial charge < -0.3 is 14.8 Å². The summed E-state index contributed by atoms with van der Waals surface area (Å²) in [4.78, 5) is 11.8. The van der Waals surface area contributed by atoms with E-state index in [2.05, 4.69) is 21.2 Å². The molecular formula is C17H20BrNO3. The number of fused-ring (bicyclic) bond motifs is 1. The lowest BCUT2D eigenvalue weighted by molar-refractivity contribution is 0.0523. The van der Waals surface area contributed by atoms with Gasteiger partial charge in [0.2, 0.25) is 0 Å². The first-order chi connectivity index (χ1) is 10.3. The Morgan fingerprint density at radius 3 is 2.59 bits per heavy atom. The van der Waals surface area contributed by atoms with E-state index in [1.807, 2.05) is 51.1 Å². The molecule has 0 unspecified atom stereocenters. The number of hydrogen-bond acceptors (Lipinski definition) is 3. The van der Waals surface area contributed by atoms with Crippen molar-refractivity contribution in [2.24, 2.45) is 0 Å². The van der Waals surface area contributed by atoms with Gasteiger partial charge in [0.15, 0.2) is 0 Å². The largest absolute Gasteiger partial charge is 0.496 e. The third-order valence-corrected chi connectivity index (χ3v) is 3.57. The standard InChI is InChI=1S/C17H20BrNO3/c1-17(2,3)22-16(20)19-10-14-13-7-6-12(18)9-11(13)5-8-15(14)21-4/h5-9H,10H2,1-4H3,(H,19,20). The van der Waals surface area contributed by atoms with Crippen molar-refractivity contribution in [3.8, 4) is 5.75 Å². The van der Waals surface area contributed by atoms with Crippen molar-refractivity contribution in [2.75, 3.05) is 7.11 Å². The molecule has 4 nitrogen and oxygen atoms in total. The second-order valence-corrected chi connectivity index (χ2v) is 6.88. The molecule has 0 heterocycles. The molecule has 0 aliphatic heterocycles. The number of carbonyl (C=O) groups excluding carboxylic acids is 1. The van der Waals surface area contributed by atoms with Gasteiger partial charge in [0.05, 0.1) is 13.7 Å². The Bertz CT molecular complexity index is 692. The van der Waals surface area contributed by atoms with Crippen LogP contribution in [0.15, 0.2) is 34.8 Å². The van der Waals surface area contributed by atoms with Crippen molar-refractivity contribution in [1.82, 2.24) is 5.32 Å². The van der Waals surface area contributed by atoms with Crippen LogP contribution >= 0.6 is 15.9 Å². The van der Waals surface area contributed by atoms with Gasteiger partial charge in [-0.3, -0.25) is 0 Å². The summed E-state index contributed by atoms with van der Waals surface area (Å²) in [6, 6.07) is 9.91. The number of halogens is 1. The zero-order valence-electron chi connectivity index (χ0n) is 13.2. The van der Waals surface area contributed by atoms with Crippen molar-refractivity contribution < 1.29 is 14.3 Å². The van der Waals surface area contributed by atoms with E-state index < -0.39 is 11.7 Å². The van der Waals surface area contributed by atoms with Crippen LogP contribution in [0, 0.1) is 0 Å². The number of ether oxygens (including phenoxy) is 2. The van der Waals surface area contributed by atoms with E-state index >= 15 is 0 Å². The number of methoxy groups -OCH3 is 1. The third kappa shape index (κ3) is 4.13. The van der Waals surface area contributed by atoms with Gasteiger partial charge in [-0.15, -0.1) is 0 Å². The van der Waals surface area contributed by atoms with Crippen LogP contribution in [0.2, 0.25) is 0 Å². The normalized spacial score (nSPS) is 11.3. The van der Waals surface area contributed by atoms with E-state index in [0.717, 1.165) is 26.6 Å². The zero-order valence-corrected chi connectivity index (χ0v) is 14.8. The van der Waals surface area contributed by atoms with Crippen LogP contribution in [0.25, 0.3) is 10.8 Å². The summed E-state index contributed by atoms with van der Waals surface area (Å²) >= 11 is 3.47. The molecule has 1 amide bonds. The third-order valence-electron chi connectivity index (χ3n) is 3.08. The van der Waals surface area contributed by atoms with Gasteiger partial charge in [-0.25, -0.2) is 4.79 Å². The van der Waals surface area contributed by atoms with Gasteiger partial charge in [0, 0.05) is 10.0 Å². The van der Waals surface area contributed by atoms with Crippen LogP contribution < -0.4 is 10.1 Å². The minimum Gasteiger partial charge on any atom is -0.496 e. The molecule has 0 saturated heterocycles. The van der Waals surface area contributed by atoms with Gasteiger partial charge in [-0.1, -0.05) is 28.1 Å². The average molecular weight is 366 g/mol. The summed E-state index contributed by atoms with van der Waals surface area (Å²) in [5.74, 6) is 0.742. The molecule has 0 atom stereocenters. The highest BCUT2D eigenvalue weighted by Gasteiger charge is 2.17. The summed E-state index contributed by atoms with van der Waals surface area (Å²) in [6.45, 7) is 5.85. The lowest BCUT2D eigenvalue weighted by Crippen LogP contribution is -2.32. The van der Waals surface area contributed by atoms with Crippen LogP contribution in [0.4, 0.5) is 4.79 Å². The Labute approximate surface area is 138 Å². The molecule has 5 heteroatoms. The molecule has 0 radical (unpaired) electrons. The van der Waals surface area contributed by atoms with Crippen molar-refractivity contribution in [2.45, 2.75) is 32.9 Å². The van der Waals surface area contributed by atoms with Gasteiger partial charge in [-0.2, -0.15) is 0 Å². The average Bonchev–Trinajstić information content (AvgIpc) is 2.42. The van der Waals surface area contributed by atoms with Gasteiger partial charge in [0.25, 0.3) is 0 Å². The maximum Gasteiger partial charge on any atom is 0.407 e. The lowest BCUT2D eigenvalue weighted by Gasteiger charge is -2.20. The van der Waals surface area contributed by atoms with E-state index in [4.69, 9.17) is 9.47 Å². The quantitative estimate of drug-likeness (QED) is 0.861. The lowest BCUT2D eigenvalue weighted by atomic mass is 10.0. The highest BCUT2D eigenvalue weighted by atomic mass is 79.9. The summed E-state index contributed by atoms with van der Waals surface area (Å²) in [5, 5.41) is 4.90. The molecule has 0 bridgehead atoms. The van der Waals surface area contributed by atoms with E-state index in [-0.39, 0.29) is 0 Å². The van der Waals surface area contributed by atoms with Crippen molar-refractivity contribution >= 4 is 32.8 Å². The smallest absolute Gasteiger partial charge is 0.407 e. The number of rotatable bonds is 3. The number of carbonyl (C=O) groups is 1. The van der Waals surface area contributed by atoms with Gasteiger partial charge in [-0.05, 0) is 49.7 Å². The number of benzene rings is 2. The Hall–Kier alpha value is -1.75. The number of amides is 1. The highest BCUT2D eigenvalue weighted by Crippen LogP contribution is 2.30. The van der Waals surface area contributed by atoms with Crippen LogP contribution in [0.3, 0.4) is 0 Å².